The molecule has 0 saturated heterocycles. The van der Waals surface area contributed by atoms with Gasteiger partial charge >= 0.3 is 78.4 Å². The van der Waals surface area contributed by atoms with E-state index in [1.54, 1.807) is 0 Å². The molecule has 0 rings (SSSR count). The summed E-state index contributed by atoms with van der Waals surface area (Å²) in [5, 5.41) is 8.70. The maximum absolute atomic E-state index is 8.77. The Morgan fingerprint density at radius 3 is 2.17 bits per heavy atom. The third-order valence-corrected chi connectivity index (χ3v) is 0.739. The molecule has 0 aromatic heterocycles. The van der Waals surface area contributed by atoms with Crippen molar-refractivity contribution in [3.05, 3.63) is 17.6 Å². The van der Waals surface area contributed by atoms with Gasteiger partial charge < -0.3 is 0 Å². The number of rotatable bonds is 3. The molecule has 0 amide bonds. The molecule has 0 spiro atoms. The second-order valence-corrected chi connectivity index (χ2v) is 1.54. The quantitative estimate of drug-likeness (QED) is 0.423. The predicted molar refractivity (Wildman–Crippen MR) is 54.3 cm³/mol. The second-order valence-electron chi connectivity index (χ2n) is 1.54. The Balaban J connectivity index is -0.000000249. The summed E-state index contributed by atoms with van der Waals surface area (Å²) in [7, 11) is 10.0. The topological polar surface area (TPSA) is 22.3 Å². The van der Waals surface area contributed by atoms with Crippen molar-refractivity contribution in [2.24, 2.45) is 0 Å². The van der Waals surface area contributed by atoms with Crippen LogP contribution in [-0.2, 0) is 21.1 Å². The standard InChI is InChI=1S/C6H6B2N.C2H6.W/c1-2-3-4-5(9)6(7)8;1-2;/h4H,2H2,1H3;1-2H3;/q-2;;+2. The van der Waals surface area contributed by atoms with Gasteiger partial charge in [0.2, 0.25) is 0 Å². The zero-order chi connectivity index (χ0) is 9.28. The molecule has 0 unspecified atom stereocenters. The third kappa shape index (κ3) is 12.7. The van der Waals surface area contributed by atoms with E-state index in [1.807, 2.05) is 20.8 Å². The Morgan fingerprint density at radius 1 is 1.50 bits per heavy atom. The van der Waals surface area contributed by atoms with Crippen LogP contribution in [0.4, 0.5) is 0 Å². The maximum atomic E-state index is 8.77. The predicted octanol–water partition coefficient (Wildman–Crippen LogP) is 1.26. The minimum Gasteiger partial charge on any atom is 2.00 e. The summed E-state index contributed by atoms with van der Waals surface area (Å²) in [4.78, 5) is 0. The van der Waals surface area contributed by atoms with Crippen molar-refractivity contribution >= 4 is 26.4 Å². The first-order valence-corrected chi connectivity index (χ1v) is 3.69. The molecule has 0 fully saturated rings. The van der Waals surface area contributed by atoms with Crippen molar-refractivity contribution in [2.75, 3.05) is 0 Å². The fourth-order valence-electron chi connectivity index (χ4n) is 0.282. The molecule has 0 atom stereocenters. The van der Waals surface area contributed by atoms with E-state index in [2.05, 4.69) is 6.08 Å². The Hall–Kier alpha value is 0.0982. The van der Waals surface area contributed by atoms with Gasteiger partial charge in [-0.25, -0.2) is 0 Å². The van der Waals surface area contributed by atoms with Crippen LogP contribution in [0.15, 0.2) is 6.08 Å². The van der Waals surface area contributed by atoms with Crippen LogP contribution in [0.25, 0.3) is 5.41 Å². The summed E-state index contributed by atoms with van der Waals surface area (Å²) in [6, 6.07) is 0. The molecule has 0 aromatic rings. The van der Waals surface area contributed by atoms with Crippen LogP contribution < -0.4 is 0 Å². The van der Waals surface area contributed by atoms with Crippen LogP contribution in [0, 0.1) is 6.08 Å². The summed E-state index contributed by atoms with van der Waals surface area (Å²) in [6.45, 7) is 5.90. The fourth-order valence-corrected chi connectivity index (χ4v) is 0.282. The average Bonchev–Trinajstić information content (AvgIpc) is 2.03. The van der Waals surface area contributed by atoms with E-state index in [0.29, 0.717) is 0 Å². The van der Waals surface area contributed by atoms with Gasteiger partial charge in [-0.2, -0.15) is 0 Å². The molecule has 0 aliphatic carbocycles. The van der Waals surface area contributed by atoms with E-state index in [1.165, 1.54) is 6.08 Å². The zero-order valence-corrected chi connectivity index (χ0v) is 10.7. The maximum Gasteiger partial charge on any atom is 2.00 e. The van der Waals surface area contributed by atoms with Gasteiger partial charge in [-0.15, -0.1) is 0 Å². The van der Waals surface area contributed by atoms with E-state index >= 15 is 0 Å². The van der Waals surface area contributed by atoms with Crippen LogP contribution in [-0.4, -0.2) is 26.4 Å². The van der Waals surface area contributed by atoms with Gasteiger partial charge in [-0.05, 0) is 0 Å². The molecule has 61 valence electrons. The van der Waals surface area contributed by atoms with Gasteiger partial charge in [-0.3, -0.25) is 0 Å². The number of hydrogen-bond donors (Lipinski definition) is 0. The molecule has 4 heteroatoms. The van der Waals surface area contributed by atoms with Crippen molar-refractivity contribution < 1.29 is 21.1 Å². The van der Waals surface area contributed by atoms with Gasteiger partial charge in [0.05, 0.1) is 0 Å². The van der Waals surface area contributed by atoms with Crippen molar-refractivity contribution in [2.45, 2.75) is 27.2 Å². The van der Waals surface area contributed by atoms with Gasteiger partial charge in [0.15, 0.2) is 0 Å². The van der Waals surface area contributed by atoms with Crippen molar-refractivity contribution in [3.63, 3.8) is 0 Å². The molecule has 0 bridgehead atoms. The monoisotopic (exact) mass is 328 g/mol. The van der Waals surface area contributed by atoms with Crippen LogP contribution >= 0.6 is 0 Å². The number of hydrogen-bond acceptors (Lipinski definition) is 0. The molecule has 0 aliphatic rings. The molecular weight excluding hydrogens is 316 g/mol. The summed E-state index contributed by atoms with van der Waals surface area (Å²) >= 11 is 0. The summed E-state index contributed by atoms with van der Waals surface area (Å²) < 4.78 is 0. The van der Waals surface area contributed by atoms with Crippen molar-refractivity contribution in [3.8, 4) is 0 Å². The molecule has 0 heterocycles. The van der Waals surface area contributed by atoms with Crippen LogP contribution in [0.3, 0.4) is 0 Å². The van der Waals surface area contributed by atoms with Crippen molar-refractivity contribution in [1.29, 1.82) is 0 Å². The SMILES string of the molecule is CC.[B]C(=[B])C(=[N-])C=[C-]CC.[W+2]. The molecule has 0 saturated carbocycles. The molecular formula is C8H12B2NW. The molecule has 3 radical (unpaired) electrons. The summed E-state index contributed by atoms with van der Waals surface area (Å²) in [6.07, 6.45) is 4.83. The molecule has 0 aromatic carbocycles. The second kappa shape index (κ2) is 13.7. The Bertz CT molecular complexity index is 155. The summed E-state index contributed by atoms with van der Waals surface area (Å²) in [5.74, 6) is 0. The molecule has 0 N–H and O–H groups in total. The third-order valence-electron chi connectivity index (χ3n) is 0.739. The number of allylic oxidation sites excluding steroid dienone is 2. The van der Waals surface area contributed by atoms with E-state index in [4.69, 9.17) is 20.7 Å². The molecule has 0 aliphatic heterocycles. The van der Waals surface area contributed by atoms with Crippen molar-refractivity contribution in [1.82, 2.24) is 0 Å². The van der Waals surface area contributed by atoms with Crippen LogP contribution in [0.5, 0.6) is 0 Å². The van der Waals surface area contributed by atoms with Gasteiger partial charge in [0.1, 0.15) is 0 Å². The Labute approximate surface area is 92.3 Å². The van der Waals surface area contributed by atoms with E-state index in [0.717, 1.165) is 6.42 Å². The van der Waals surface area contributed by atoms with Crippen LogP contribution in [0.2, 0.25) is 0 Å². The van der Waals surface area contributed by atoms with Gasteiger partial charge in [-0.1, -0.05) is 13.8 Å². The Kier molecular flexibility index (Phi) is 20.5. The first-order valence-electron chi connectivity index (χ1n) is 3.69. The van der Waals surface area contributed by atoms with Gasteiger partial charge in [0, 0.05) is 0 Å². The largest absolute Gasteiger partial charge is 2.00 e. The molecule has 12 heavy (non-hydrogen) atoms. The van der Waals surface area contributed by atoms with Gasteiger partial charge in [0.25, 0.3) is 0 Å². The fraction of sp³-hybridized carbons (Fsp3) is 0.500. The minimum absolute atomic E-state index is 0. The van der Waals surface area contributed by atoms with E-state index < -0.39 is 0 Å². The molecule has 1 nitrogen and oxygen atoms in total. The smallest absolute Gasteiger partial charge is 2.00 e. The summed E-state index contributed by atoms with van der Waals surface area (Å²) in [5.41, 5.74) is -0.114. The number of nitrogens with zero attached hydrogens (tertiary/aromatic N) is 1. The first kappa shape index (κ1) is 18.0. The first-order chi connectivity index (χ1) is 5.18. The van der Waals surface area contributed by atoms with Crippen LogP contribution in [0.1, 0.15) is 27.2 Å². The Morgan fingerprint density at radius 2 is 1.92 bits per heavy atom. The zero-order valence-electron chi connectivity index (χ0n) is 7.79. The normalized spacial score (nSPS) is 7.83. The average molecular weight is 328 g/mol. The van der Waals surface area contributed by atoms with E-state index in [9.17, 15) is 0 Å². The van der Waals surface area contributed by atoms with E-state index in [-0.39, 0.29) is 32.1 Å². The minimum atomic E-state index is -0.114.